The SMILES string of the molecule is O=C(N[C@@H]1C[C@H]2CC[C@H]1C2)[C@@H]1COC2(CCN(C(=O)c3ccco3)CC2)N1C(=O)c1ccccc1. The number of carbonyl (C=O) groups is 3. The van der Waals surface area contributed by atoms with Gasteiger partial charge >= 0.3 is 0 Å². The van der Waals surface area contributed by atoms with E-state index in [1.165, 1.54) is 25.5 Å². The molecule has 2 saturated carbocycles. The normalized spacial score (nSPS) is 29.0. The lowest BCUT2D eigenvalue weighted by Gasteiger charge is -2.44. The van der Waals surface area contributed by atoms with Crippen molar-refractivity contribution in [2.75, 3.05) is 19.7 Å². The fourth-order valence-corrected chi connectivity index (χ4v) is 6.60. The van der Waals surface area contributed by atoms with Crippen LogP contribution in [0.25, 0.3) is 0 Å². The van der Waals surface area contributed by atoms with Crippen LogP contribution in [0.2, 0.25) is 0 Å². The molecule has 1 aromatic carbocycles. The van der Waals surface area contributed by atoms with Gasteiger partial charge < -0.3 is 19.4 Å². The maximum absolute atomic E-state index is 13.8. The van der Waals surface area contributed by atoms with Gasteiger partial charge in [0.2, 0.25) is 5.91 Å². The summed E-state index contributed by atoms with van der Waals surface area (Å²) in [4.78, 5) is 43.5. The molecule has 4 atom stereocenters. The first-order valence-electron chi connectivity index (χ1n) is 12.7. The van der Waals surface area contributed by atoms with E-state index < -0.39 is 11.8 Å². The fraction of sp³-hybridized carbons (Fsp3) is 0.519. The van der Waals surface area contributed by atoms with Gasteiger partial charge in [0.25, 0.3) is 11.8 Å². The summed E-state index contributed by atoms with van der Waals surface area (Å²) < 4.78 is 11.6. The zero-order valence-corrected chi connectivity index (χ0v) is 19.7. The second-order valence-electron chi connectivity index (χ2n) is 10.4. The summed E-state index contributed by atoms with van der Waals surface area (Å²) in [7, 11) is 0. The van der Waals surface area contributed by atoms with Crippen molar-refractivity contribution >= 4 is 17.7 Å². The fourth-order valence-electron chi connectivity index (χ4n) is 6.60. The monoisotopic (exact) mass is 477 g/mol. The van der Waals surface area contributed by atoms with Crippen molar-refractivity contribution in [3.63, 3.8) is 0 Å². The molecule has 3 heterocycles. The highest BCUT2D eigenvalue weighted by atomic mass is 16.5. The van der Waals surface area contributed by atoms with Crippen LogP contribution >= 0.6 is 0 Å². The van der Waals surface area contributed by atoms with Crippen LogP contribution in [0.5, 0.6) is 0 Å². The largest absolute Gasteiger partial charge is 0.459 e. The average molecular weight is 478 g/mol. The Morgan fingerprint density at radius 3 is 2.40 bits per heavy atom. The third-order valence-corrected chi connectivity index (χ3v) is 8.43. The number of ether oxygens (including phenoxy) is 1. The van der Waals surface area contributed by atoms with Gasteiger partial charge in [-0.05, 0) is 55.4 Å². The highest BCUT2D eigenvalue weighted by Crippen LogP contribution is 2.45. The van der Waals surface area contributed by atoms with Crippen LogP contribution in [-0.4, -0.2) is 65.0 Å². The molecule has 2 bridgehead atoms. The molecule has 6 rings (SSSR count). The predicted octanol–water partition coefficient (Wildman–Crippen LogP) is 3.06. The lowest BCUT2D eigenvalue weighted by molar-refractivity contribution is -0.129. The zero-order valence-electron chi connectivity index (χ0n) is 19.7. The zero-order chi connectivity index (χ0) is 24.0. The number of fused-ring (bicyclic) bond motifs is 2. The van der Waals surface area contributed by atoms with Crippen LogP contribution in [0.3, 0.4) is 0 Å². The van der Waals surface area contributed by atoms with Gasteiger partial charge in [0, 0.05) is 37.5 Å². The van der Waals surface area contributed by atoms with Crippen molar-refractivity contribution in [3.8, 4) is 0 Å². The van der Waals surface area contributed by atoms with Crippen molar-refractivity contribution in [3.05, 3.63) is 60.1 Å². The molecule has 2 aromatic rings. The minimum Gasteiger partial charge on any atom is -0.459 e. The van der Waals surface area contributed by atoms with E-state index in [2.05, 4.69) is 5.32 Å². The molecule has 3 amide bonds. The Kier molecular flexibility index (Phi) is 5.63. The van der Waals surface area contributed by atoms with Gasteiger partial charge in [-0.3, -0.25) is 19.3 Å². The number of hydrogen-bond donors (Lipinski definition) is 1. The number of carbonyl (C=O) groups excluding carboxylic acids is 3. The van der Waals surface area contributed by atoms with Gasteiger partial charge in [0.15, 0.2) is 5.76 Å². The summed E-state index contributed by atoms with van der Waals surface area (Å²) >= 11 is 0. The van der Waals surface area contributed by atoms with Crippen LogP contribution < -0.4 is 5.32 Å². The maximum Gasteiger partial charge on any atom is 0.289 e. The number of piperidine rings is 1. The summed E-state index contributed by atoms with van der Waals surface area (Å²) in [6.45, 7) is 0.995. The molecule has 2 aliphatic carbocycles. The second kappa shape index (κ2) is 8.82. The van der Waals surface area contributed by atoms with Gasteiger partial charge in [-0.15, -0.1) is 0 Å². The van der Waals surface area contributed by atoms with E-state index >= 15 is 0 Å². The number of furan rings is 1. The van der Waals surface area contributed by atoms with Crippen molar-refractivity contribution in [1.29, 1.82) is 0 Å². The molecule has 4 aliphatic rings. The molecule has 1 N–H and O–H groups in total. The Balaban J connectivity index is 1.22. The summed E-state index contributed by atoms with van der Waals surface area (Å²) in [5.41, 5.74) is -0.381. The number of benzene rings is 1. The van der Waals surface area contributed by atoms with Crippen molar-refractivity contribution in [2.24, 2.45) is 11.8 Å². The van der Waals surface area contributed by atoms with E-state index in [0.29, 0.717) is 43.2 Å². The Labute approximate surface area is 204 Å². The number of hydrogen-bond acceptors (Lipinski definition) is 5. The molecule has 35 heavy (non-hydrogen) atoms. The molecule has 2 saturated heterocycles. The lowest BCUT2D eigenvalue weighted by Crippen LogP contribution is -2.60. The van der Waals surface area contributed by atoms with E-state index in [0.717, 1.165) is 12.3 Å². The minimum atomic E-state index is -0.913. The second-order valence-corrected chi connectivity index (χ2v) is 10.4. The first kappa shape index (κ1) is 22.3. The van der Waals surface area contributed by atoms with Gasteiger partial charge in [0.05, 0.1) is 12.9 Å². The minimum absolute atomic E-state index is 0.127. The highest BCUT2D eigenvalue weighted by Gasteiger charge is 2.55. The number of likely N-dealkylation sites (tertiary alicyclic amines) is 1. The van der Waals surface area contributed by atoms with Gasteiger partial charge in [-0.2, -0.15) is 0 Å². The number of rotatable bonds is 4. The Morgan fingerprint density at radius 2 is 1.74 bits per heavy atom. The summed E-state index contributed by atoms with van der Waals surface area (Å²) in [5, 5.41) is 3.27. The number of nitrogens with zero attached hydrogens (tertiary/aromatic N) is 2. The van der Waals surface area contributed by atoms with Crippen molar-refractivity contribution in [2.45, 2.75) is 56.3 Å². The number of nitrogens with one attached hydrogen (secondary N) is 1. The van der Waals surface area contributed by atoms with E-state index in [1.54, 1.807) is 34.1 Å². The van der Waals surface area contributed by atoms with Gasteiger partial charge in [0.1, 0.15) is 11.8 Å². The van der Waals surface area contributed by atoms with Crippen molar-refractivity contribution < 1.29 is 23.5 Å². The molecule has 1 spiro atoms. The standard InChI is InChI=1S/C27H31N3O5/c31-24(28-21-16-18-8-9-20(21)15-18)22-17-35-27(30(22)25(32)19-5-2-1-3-6-19)10-12-29(13-11-27)26(33)23-7-4-14-34-23/h1-7,14,18,20-22H,8-13,15-17H2,(H,28,31)/t18-,20-,21+,22-/m0/s1. The van der Waals surface area contributed by atoms with E-state index in [4.69, 9.17) is 9.15 Å². The topological polar surface area (TPSA) is 92.1 Å². The smallest absolute Gasteiger partial charge is 0.289 e. The number of amides is 3. The third kappa shape index (κ3) is 3.93. The van der Waals surface area contributed by atoms with Crippen LogP contribution in [0, 0.1) is 11.8 Å². The molecule has 8 heteroatoms. The molecular weight excluding hydrogens is 446 g/mol. The van der Waals surface area contributed by atoms with Crippen LogP contribution in [0.1, 0.15) is 59.4 Å². The van der Waals surface area contributed by atoms with Gasteiger partial charge in [-0.1, -0.05) is 24.6 Å². The molecule has 0 unspecified atom stereocenters. The quantitative estimate of drug-likeness (QED) is 0.731. The van der Waals surface area contributed by atoms with Crippen LogP contribution in [0.15, 0.2) is 53.1 Å². The Bertz CT molecular complexity index is 1090. The molecule has 8 nitrogen and oxygen atoms in total. The molecule has 4 fully saturated rings. The predicted molar refractivity (Wildman–Crippen MR) is 126 cm³/mol. The molecular formula is C27H31N3O5. The maximum atomic E-state index is 13.8. The average Bonchev–Trinajstić information content (AvgIpc) is 3.69. The van der Waals surface area contributed by atoms with E-state index in [-0.39, 0.29) is 30.4 Å². The molecule has 184 valence electrons. The van der Waals surface area contributed by atoms with Crippen LogP contribution in [-0.2, 0) is 9.53 Å². The molecule has 1 aromatic heterocycles. The summed E-state index contributed by atoms with van der Waals surface area (Å²) in [5.74, 6) is 1.06. The summed E-state index contributed by atoms with van der Waals surface area (Å²) in [6.07, 6.45) is 7.03. The summed E-state index contributed by atoms with van der Waals surface area (Å²) in [6, 6.07) is 11.9. The van der Waals surface area contributed by atoms with E-state index in [9.17, 15) is 14.4 Å². The van der Waals surface area contributed by atoms with Crippen molar-refractivity contribution in [1.82, 2.24) is 15.1 Å². The van der Waals surface area contributed by atoms with Gasteiger partial charge in [-0.25, -0.2) is 0 Å². The Hall–Kier alpha value is -3.13. The lowest BCUT2D eigenvalue weighted by atomic mass is 9.94. The Morgan fingerprint density at radius 1 is 0.943 bits per heavy atom. The molecule has 2 aliphatic heterocycles. The third-order valence-electron chi connectivity index (χ3n) is 8.43. The molecule has 0 radical (unpaired) electrons. The first-order chi connectivity index (χ1) is 17.0. The van der Waals surface area contributed by atoms with E-state index in [1.807, 2.05) is 18.2 Å². The van der Waals surface area contributed by atoms with Crippen LogP contribution in [0.4, 0.5) is 0 Å². The first-order valence-corrected chi connectivity index (χ1v) is 12.7. The highest BCUT2D eigenvalue weighted by molar-refractivity contribution is 5.98.